The number of rotatable bonds is 10. The number of hydrogen-bond acceptors (Lipinski definition) is 1. The Morgan fingerprint density at radius 3 is 1.90 bits per heavy atom. The summed E-state index contributed by atoms with van der Waals surface area (Å²) in [6.45, 7) is 2.39. The van der Waals surface area contributed by atoms with Crippen LogP contribution in [-0.2, 0) is 0 Å². The minimum absolute atomic E-state index is 0.154. The van der Waals surface area contributed by atoms with E-state index in [0.717, 1.165) is 17.0 Å². The molecule has 2 aliphatic rings. The highest BCUT2D eigenvalue weighted by molar-refractivity contribution is 7.60. The average molecular weight is 416 g/mol. The van der Waals surface area contributed by atoms with Crippen LogP contribution in [-0.4, -0.2) is 36.0 Å². The average Bonchev–Trinajstić information content (AvgIpc) is 2.77. The van der Waals surface area contributed by atoms with Crippen molar-refractivity contribution in [1.82, 2.24) is 4.90 Å². The zero-order chi connectivity index (χ0) is 20.5. The van der Waals surface area contributed by atoms with Crippen LogP contribution in [0.1, 0.15) is 108 Å². The molecule has 1 nitrogen and oxygen atoms in total. The fourth-order valence-electron chi connectivity index (χ4n) is 6.06. The first-order chi connectivity index (χ1) is 14.2. The quantitative estimate of drug-likeness (QED) is 0.347. The van der Waals surface area contributed by atoms with Crippen LogP contribution >= 0.6 is 7.92 Å². The van der Waals surface area contributed by atoms with Gasteiger partial charge in [-0.1, -0.05) is 96.5 Å². The number of benzene rings is 1. The summed E-state index contributed by atoms with van der Waals surface area (Å²) >= 11 is 0. The molecule has 2 fully saturated rings. The molecule has 0 bridgehead atoms. The summed E-state index contributed by atoms with van der Waals surface area (Å²) in [4.78, 5) is 2.50. The number of nitrogens with zero attached hydrogens (tertiary/aromatic N) is 1. The third-order valence-corrected chi connectivity index (χ3v) is 11.6. The Kier molecular flexibility index (Phi) is 10.0. The van der Waals surface area contributed by atoms with Crippen molar-refractivity contribution in [2.45, 2.75) is 120 Å². The number of hydrogen-bond donors (Lipinski definition) is 0. The van der Waals surface area contributed by atoms with Crippen LogP contribution in [0.25, 0.3) is 0 Å². The zero-order valence-corrected chi connectivity index (χ0v) is 20.4. The molecule has 0 heterocycles. The van der Waals surface area contributed by atoms with Crippen LogP contribution in [0.2, 0.25) is 0 Å². The highest BCUT2D eigenvalue weighted by Gasteiger charge is 2.37. The third kappa shape index (κ3) is 6.80. The smallest absolute Gasteiger partial charge is 0.0348 e. The summed E-state index contributed by atoms with van der Waals surface area (Å²) in [5.41, 5.74) is 4.63. The molecule has 2 saturated carbocycles. The van der Waals surface area contributed by atoms with E-state index in [4.69, 9.17) is 0 Å². The van der Waals surface area contributed by atoms with Gasteiger partial charge in [0.2, 0.25) is 0 Å². The minimum Gasteiger partial charge on any atom is -0.302 e. The second kappa shape index (κ2) is 12.5. The van der Waals surface area contributed by atoms with Crippen molar-refractivity contribution in [1.29, 1.82) is 0 Å². The van der Waals surface area contributed by atoms with Crippen molar-refractivity contribution in [3.63, 3.8) is 0 Å². The standard InChI is InChI=1S/C27H46NP/c1-4-5-17-26(22-27(28(2)3)23-15-9-6-10-16-23)29(24-18-11-7-12-19-24)25-20-13-8-14-21-25/h6,9-10,15-16,24-27H,4-5,7-8,11-14,17-22H2,1-3H3/t26-,27?/m0/s1. The van der Waals surface area contributed by atoms with Gasteiger partial charge in [0.15, 0.2) is 0 Å². The zero-order valence-electron chi connectivity index (χ0n) is 19.5. The fraction of sp³-hybridized carbons (Fsp3) is 0.778. The molecule has 1 aromatic carbocycles. The maximum absolute atomic E-state index is 2.50. The molecule has 0 N–H and O–H groups in total. The van der Waals surface area contributed by atoms with Gasteiger partial charge in [-0.25, -0.2) is 0 Å². The number of unbranched alkanes of at least 4 members (excludes halogenated alkanes) is 1. The minimum atomic E-state index is 0.154. The van der Waals surface area contributed by atoms with E-state index in [-0.39, 0.29) is 7.92 Å². The van der Waals surface area contributed by atoms with Crippen LogP contribution in [0.4, 0.5) is 0 Å². The molecule has 2 heteroatoms. The van der Waals surface area contributed by atoms with Crippen molar-refractivity contribution in [2.24, 2.45) is 0 Å². The predicted octanol–water partition coefficient (Wildman–Crippen LogP) is 8.39. The third-order valence-electron chi connectivity index (χ3n) is 7.61. The van der Waals surface area contributed by atoms with E-state index in [0.29, 0.717) is 6.04 Å². The lowest BCUT2D eigenvalue weighted by atomic mass is 9.98. The largest absolute Gasteiger partial charge is 0.302 e. The Morgan fingerprint density at radius 1 is 0.862 bits per heavy atom. The molecular formula is C27H46NP. The maximum Gasteiger partial charge on any atom is 0.0348 e. The van der Waals surface area contributed by atoms with Crippen LogP contribution < -0.4 is 0 Å². The molecule has 0 spiro atoms. The van der Waals surface area contributed by atoms with Crippen LogP contribution in [0.5, 0.6) is 0 Å². The van der Waals surface area contributed by atoms with E-state index in [9.17, 15) is 0 Å². The lowest BCUT2D eigenvalue weighted by molar-refractivity contribution is 0.277. The summed E-state index contributed by atoms with van der Waals surface area (Å²) in [5.74, 6) is 0. The molecule has 164 valence electrons. The fourth-order valence-corrected chi connectivity index (χ4v) is 10.7. The van der Waals surface area contributed by atoms with Crippen molar-refractivity contribution in [3.05, 3.63) is 35.9 Å². The highest BCUT2D eigenvalue weighted by atomic mass is 31.1. The Morgan fingerprint density at radius 2 is 1.41 bits per heavy atom. The normalized spacial score (nSPS) is 21.6. The van der Waals surface area contributed by atoms with Gasteiger partial charge in [0.25, 0.3) is 0 Å². The van der Waals surface area contributed by atoms with Gasteiger partial charge in [-0.2, -0.15) is 0 Å². The molecule has 0 aliphatic heterocycles. The summed E-state index contributed by atoms with van der Waals surface area (Å²) in [6, 6.07) is 11.9. The van der Waals surface area contributed by atoms with Gasteiger partial charge in [0.1, 0.15) is 0 Å². The summed E-state index contributed by atoms with van der Waals surface area (Å²) < 4.78 is 0. The molecule has 3 rings (SSSR count). The van der Waals surface area contributed by atoms with Gasteiger partial charge in [0.05, 0.1) is 0 Å². The highest BCUT2D eigenvalue weighted by Crippen LogP contribution is 2.61. The molecule has 2 atom stereocenters. The van der Waals surface area contributed by atoms with Crippen molar-refractivity contribution < 1.29 is 0 Å². The Labute approximate surface area is 182 Å². The Bertz CT molecular complexity index is 527. The van der Waals surface area contributed by atoms with E-state index >= 15 is 0 Å². The summed E-state index contributed by atoms with van der Waals surface area (Å²) in [7, 11) is 4.76. The SMILES string of the molecule is CCCC[C@@H](CC(c1ccccc1)N(C)C)P(C1CCCCC1)C1CCCCC1. The first-order valence-electron chi connectivity index (χ1n) is 12.7. The van der Waals surface area contributed by atoms with Gasteiger partial charge in [-0.05, 0) is 75.2 Å². The van der Waals surface area contributed by atoms with E-state index in [1.165, 1.54) is 69.8 Å². The topological polar surface area (TPSA) is 3.24 Å². The summed E-state index contributed by atoms with van der Waals surface area (Å²) in [6.07, 6.45) is 20.8. The summed E-state index contributed by atoms with van der Waals surface area (Å²) in [5, 5.41) is 0. The van der Waals surface area contributed by atoms with E-state index < -0.39 is 0 Å². The van der Waals surface area contributed by atoms with E-state index in [2.05, 4.69) is 56.3 Å². The molecule has 29 heavy (non-hydrogen) atoms. The molecule has 0 aromatic heterocycles. The molecule has 2 aliphatic carbocycles. The van der Waals surface area contributed by atoms with Crippen LogP contribution in [0.3, 0.4) is 0 Å². The monoisotopic (exact) mass is 415 g/mol. The van der Waals surface area contributed by atoms with Gasteiger partial charge in [-0.15, -0.1) is 0 Å². The van der Waals surface area contributed by atoms with Crippen LogP contribution in [0, 0.1) is 0 Å². The molecule has 0 saturated heterocycles. The van der Waals surface area contributed by atoms with Crippen LogP contribution in [0.15, 0.2) is 30.3 Å². The first-order valence-corrected chi connectivity index (χ1v) is 14.2. The lowest BCUT2D eigenvalue weighted by Crippen LogP contribution is -2.30. The van der Waals surface area contributed by atoms with E-state index in [1.807, 2.05) is 0 Å². The van der Waals surface area contributed by atoms with Gasteiger partial charge in [-0.3, -0.25) is 0 Å². The van der Waals surface area contributed by atoms with Crippen molar-refractivity contribution in [2.75, 3.05) is 14.1 Å². The molecule has 1 unspecified atom stereocenters. The Hall–Kier alpha value is -0.390. The lowest BCUT2D eigenvalue weighted by Gasteiger charge is -2.45. The molecule has 1 aromatic rings. The second-order valence-electron chi connectivity index (χ2n) is 9.95. The van der Waals surface area contributed by atoms with Crippen molar-refractivity contribution >= 4 is 7.92 Å². The maximum atomic E-state index is 2.50. The molecular weight excluding hydrogens is 369 g/mol. The van der Waals surface area contributed by atoms with Crippen molar-refractivity contribution in [3.8, 4) is 0 Å². The second-order valence-corrected chi connectivity index (χ2v) is 13.0. The van der Waals surface area contributed by atoms with Gasteiger partial charge < -0.3 is 4.90 Å². The van der Waals surface area contributed by atoms with Gasteiger partial charge in [0, 0.05) is 6.04 Å². The van der Waals surface area contributed by atoms with Gasteiger partial charge >= 0.3 is 0 Å². The first kappa shape index (κ1) is 23.3. The predicted molar refractivity (Wildman–Crippen MR) is 131 cm³/mol. The molecule has 0 radical (unpaired) electrons. The molecule has 0 amide bonds. The van der Waals surface area contributed by atoms with E-state index in [1.54, 1.807) is 25.7 Å². The Balaban J connectivity index is 1.84.